The molecule has 5 nitrogen and oxygen atoms in total. The monoisotopic (exact) mass is 254 g/mol. The van der Waals surface area contributed by atoms with Crippen molar-refractivity contribution >= 4 is 5.97 Å². The van der Waals surface area contributed by atoms with E-state index in [0.29, 0.717) is 30.5 Å². The number of benzene rings is 1. The summed E-state index contributed by atoms with van der Waals surface area (Å²) in [7, 11) is 3.20. The fraction of sp³-hybridized carbons (Fsp3) is 0.462. The maximum atomic E-state index is 10.9. The second-order valence-electron chi connectivity index (χ2n) is 3.60. The van der Waals surface area contributed by atoms with Crippen LogP contribution in [0.25, 0.3) is 0 Å². The minimum Gasteiger partial charge on any atom is -0.493 e. The summed E-state index contributed by atoms with van der Waals surface area (Å²) < 4.78 is 20.6. The molecular formula is C13H18O5. The lowest BCUT2D eigenvalue weighted by Crippen LogP contribution is -2.04. The van der Waals surface area contributed by atoms with Gasteiger partial charge in [-0.15, -0.1) is 0 Å². The Kier molecular flexibility index (Phi) is 6.00. The molecule has 0 aliphatic rings. The predicted octanol–water partition coefficient (Wildman–Crippen LogP) is 2.04. The smallest absolute Gasteiger partial charge is 0.308 e. The van der Waals surface area contributed by atoms with Gasteiger partial charge in [-0.05, 0) is 12.1 Å². The van der Waals surface area contributed by atoms with Gasteiger partial charge in [0.2, 0.25) is 0 Å². The van der Waals surface area contributed by atoms with E-state index in [1.54, 1.807) is 32.4 Å². The molecular weight excluding hydrogens is 236 g/mol. The van der Waals surface area contributed by atoms with E-state index in [1.807, 2.05) is 0 Å². The molecule has 0 bridgehead atoms. The van der Waals surface area contributed by atoms with Crippen molar-refractivity contribution in [2.24, 2.45) is 0 Å². The van der Waals surface area contributed by atoms with Gasteiger partial charge >= 0.3 is 5.97 Å². The van der Waals surface area contributed by atoms with Gasteiger partial charge in [0.15, 0.2) is 11.5 Å². The third kappa shape index (κ3) is 4.63. The highest BCUT2D eigenvalue weighted by atomic mass is 16.5. The van der Waals surface area contributed by atoms with Crippen molar-refractivity contribution in [2.75, 3.05) is 27.4 Å². The van der Waals surface area contributed by atoms with E-state index in [9.17, 15) is 4.79 Å². The van der Waals surface area contributed by atoms with Crippen LogP contribution in [0.4, 0.5) is 0 Å². The van der Waals surface area contributed by atoms with Crippen LogP contribution in [0.1, 0.15) is 13.3 Å². The molecule has 0 aliphatic carbocycles. The van der Waals surface area contributed by atoms with Crippen molar-refractivity contribution in [3.8, 4) is 17.2 Å². The Morgan fingerprint density at radius 2 is 1.94 bits per heavy atom. The van der Waals surface area contributed by atoms with Crippen LogP contribution >= 0.6 is 0 Å². The Labute approximate surface area is 107 Å². The van der Waals surface area contributed by atoms with Crippen molar-refractivity contribution in [2.45, 2.75) is 13.3 Å². The SMILES string of the molecule is COCCCOc1cc(OC(C)=O)ccc1OC. The molecule has 0 fully saturated rings. The zero-order valence-corrected chi connectivity index (χ0v) is 10.9. The fourth-order valence-corrected chi connectivity index (χ4v) is 1.38. The summed E-state index contributed by atoms with van der Waals surface area (Å²) in [6, 6.07) is 4.99. The van der Waals surface area contributed by atoms with Crippen molar-refractivity contribution in [3.63, 3.8) is 0 Å². The largest absolute Gasteiger partial charge is 0.493 e. The number of carbonyl (C=O) groups is 1. The summed E-state index contributed by atoms with van der Waals surface area (Å²) >= 11 is 0. The van der Waals surface area contributed by atoms with E-state index in [1.165, 1.54) is 6.92 Å². The summed E-state index contributed by atoms with van der Waals surface area (Å²) in [6.07, 6.45) is 0.775. The normalized spacial score (nSPS) is 9.94. The Hall–Kier alpha value is -1.75. The lowest BCUT2D eigenvalue weighted by molar-refractivity contribution is -0.131. The summed E-state index contributed by atoms with van der Waals surface area (Å²) in [6.45, 7) is 2.49. The first-order valence-corrected chi connectivity index (χ1v) is 5.65. The number of rotatable bonds is 7. The predicted molar refractivity (Wildman–Crippen MR) is 66.3 cm³/mol. The Balaban J connectivity index is 2.69. The average molecular weight is 254 g/mol. The van der Waals surface area contributed by atoms with Crippen LogP contribution in [0.2, 0.25) is 0 Å². The van der Waals surface area contributed by atoms with Crippen molar-refractivity contribution in [1.29, 1.82) is 0 Å². The molecule has 0 heterocycles. The fourth-order valence-electron chi connectivity index (χ4n) is 1.38. The maximum Gasteiger partial charge on any atom is 0.308 e. The van der Waals surface area contributed by atoms with Crippen LogP contribution in [0.15, 0.2) is 18.2 Å². The first kappa shape index (κ1) is 14.3. The van der Waals surface area contributed by atoms with E-state index in [-0.39, 0.29) is 5.97 Å². The standard InChI is InChI=1S/C13H18O5/c1-10(14)18-11-5-6-12(16-3)13(9-11)17-8-4-7-15-2/h5-6,9H,4,7-8H2,1-3H3. The molecule has 100 valence electrons. The van der Waals surface area contributed by atoms with Gasteiger partial charge < -0.3 is 18.9 Å². The molecule has 0 spiro atoms. The van der Waals surface area contributed by atoms with Crippen molar-refractivity contribution < 1.29 is 23.7 Å². The van der Waals surface area contributed by atoms with Crippen LogP contribution in [-0.4, -0.2) is 33.4 Å². The second-order valence-corrected chi connectivity index (χ2v) is 3.60. The van der Waals surface area contributed by atoms with Gasteiger partial charge in [0.25, 0.3) is 0 Å². The molecule has 0 aliphatic heterocycles. The van der Waals surface area contributed by atoms with E-state index in [4.69, 9.17) is 18.9 Å². The number of esters is 1. The van der Waals surface area contributed by atoms with Crippen molar-refractivity contribution in [1.82, 2.24) is 0 Å². The van der Waals surface area contributed by atoms with E-state index in [2.05, 4.69) is 0 Å². The highest BCUT2D eigenvalue weighted by Crippen LogP contribution is 2.31. The summed E-state index contributed by atoms with van der Waals surface area (Å²) in [5.74, 6) is 1.21. The second kappa shape index (κ2) is 7.55. The quantitative estimate of drug-likeness (QED) is 0.423. The molecule has 1 aromatic rings. The van der Waals surface area contributed by atoms with Gasteiger partial charge in [0, 0.05) is 33.1 Å². The molecule has 18 heavy (non-hydrogen) atoms. The molecule has 0 saturated heterocycles. The topological polar surface area (TPSA) is 54.0 Å². The van der Waals surface area contributed by atoms with Gasteiger partial charge in [0.05, 0.1) is 13.7 Å². The van der Waals surface area contributed by atoms with Gasteiger partial charge in [-0.25, -0.2) is 0 Å². The number of ether oxygens (including phenoxy) is 4. The molecule has 0 unspecified atom stereocenters. The third-order valence-corrected chi connectivity index (χ3v) is 2.15. The number of carbonyl (C=O) groups excluding carboxylic acids is 1. The molecule has 0 aromatic heterocycles. The molecule has 0 saturated carbocycles. The van der Waals surface area contributed by atoms with Gasteiger partial charge in [-0.1, -0.05) is 0 Å². The zero-order valence-electron chi connectivity index (χ0n) is 10.9. The zero-order chi connectivity index (χ0) is 13.4. The van der Waals surface area contributed by atoms with Crippen LogP contribution in [0.5, 0.6) is 17.2 Å². The summed E-state index contributed by atoms with van der Waals surface area (Å²) in [5.41, 5.74) is 0. The van der Waals surface area contributed by atoms with Crippen molar-refractivity contribution in [3.05, 3.63) is 18.2 Å². The number of hydrogen-bond donors (Lipinski definition) is 0. The van der Waals surface area contributed by atoms with Gasteiger partial charge in [-0.3, -0.25) is 4.79 Å². The molecule has 0 amide bonds. The first-order valence-electron chi connectivity index (χ1n) is 5.65. The molecule has 0 atom stereocenters. The van der Waals surface area contributed by atoms with E-state index < -0.39 is 0 Å². The third-order valence-electron chi connectivity index (χ3n) is 2.15. The van der Waals surface area contributed by atoms with E-state index >= 15 is 0 Å². The Morgan fingerprint density at radius 1 is 1.17 bits per heavy atom. The lowest BCUT2D eigenvalue weighted by Gasteiger charge is -2.11. The molecule has 1 aromatic carbocycles. The summed E-state index contributed by atoms with van der Waals surface area (Å²) in [4.78, 5) is 10.9. The minimum atomic E-state index is -0.370. The van der Waals surface area contributed by atoms with Crippen LogP contribution < -0.4 is 14.2 Å². The van der Waals surface area contributed by atoms with E-state index in [0.717, 1.165) is 6.42 Å². The van der Waals surface area contributed by atoms with Gasteiger partial charge in [-0.2, -0.15) is 0 Å². The molecule has 5 heteroatoms. The summed E-state index contributed by atoms with van der Waals surface area (Å²) in [5, 5.41) is 0. The lowest BCUT2D eigenvalue weighted by atomic mass is 10.3. The average Bonchev–Trinajstić information content (AvgIpc) is 2.34. The number of methoxy groups -OCH3 is 2. The molecule has 0 N–H and O–H groups in total. The molecule has 1 rings (SSSR count). The maximum absolute atomic E-state index is 10.9. The Bertz CT molecular complexity index is 389. The molecule has 0 radical (unpaired) electrons. The highest BCUT2D eigenvalue weighted by molar-refractivity contribution is 5.69. The van der Waals surface area contributed by atoms with Crippen LogP contribution in [0, 0.1) is 0 Å². The van der Waals surface area contributed by atoms with Gasteiger partial charge in [0.1, 0.15) is 5.75 Å². The van der Waals surface area contributed by atoms with Crippen LogP contribution in [-0.2, 0) is 9.53 Å². The Morgan fingerprint density at radius 3 is 2.56 bits per heavy atom. The minimum absolute atomic E-state index is 0.370. The number of hydrogen-bond acceptors (Lipinski definition) is 5. The highest BCUT2D eigenvalue weighted by Gasteiger charge is 2.07. The van der Waals surface area contributed by atoms with Crippen LogP contribution in [0.3, 0.4) is 0 Å². The first-order chi connectivity index (χ1) is 8.67.